The van der Waals surface area contributed by atoms with Crippen LogP contribution in [-0.4, -0.2) is 11.1 Å². The van der Waals surface area contributed by atoms with Crippen LogP contribution < -0.4 is 0 Å². The van der Waals surface area contributed by atoms with E-state index in [9.17, 15) is 14.3 Å². The first-order valence-electron chi connectivity index (χ1n) is 6.37. The monoisotopic (exact) mass is 326 g/mol. The van der Waals surface area contributed by atoms with Crippen LogP contribution in [0.4, 0.5) is 4.39 Å². The van der Waals surface area contributed by atoms with E-state index in [0.29, 0.717) is 21.2 Å². The quantitative estimate of drug-likeness (QED) is 0.870. The van der Waals surface area contributed by atoms with Crippen molar-refractivity contribution in [2.45, 2.75) is 12.8 Å². The number of aliphatic carboxylic acids is 1. The highest BCUT2D eigenvalue weighted by Gasteiger charge is 2.20. The van der Waals surface area contributed by atoms with Crippen LogP contribution in [0.1, 0.15) is 11.1 Å². The summed E-state index contributed by atoms with van der Waals surface area (Å²) >= 11 is 12.0. The van der Waals surface area contributed by atoms with Crippen molar-refractivity contribution in [3.63, 3.8) is 0 Å². The smallest absolute Gasteiger partial charge is 0.307 e. The van der Waals surface area contributed by atoms with Gasteiger partial charge in [-0.1, -0.05) is 35.3 Å². The summed E-state index contributed by atoms with van der Waals surface area (Å²) in [6.07, 6.45) is 0.473. The van der Waals surface area contributed by atoms with Gasteiger partial charge in [-0.15, -0.1) is 0 Å². The van der Waals surface area contributed by atoms with Crippen molar-refractivity contribution in [1.29, 1.82) is 0 Å². The lowest BCUT2D eigenvalue weighted by Gasteiger charge is -2.14. The van der Waals surface area contributed by atoms with Crippen LogP contribution in [0.2, 0.25) is 10.0 Å². The normalized spacial score (nSPS) is 12.1. The van der Waals surface area contributed by atoms with Crippen molar-refractivity contribution in [2.24, 2.45) is 5.92 Å². The van der Waals surface area contributed by atoms with Crippen LogP contribution in [0.15, 0.2) is 42.5 Å². The molecule has 21 heavy (non-hydrogen) atoms. The Labute approximate surface area is 132 Å². The SMILES string of the molecule is O=C(O)C(Cc1cccc(F)c1)Cc1cc(Cl)ccc1Cl. The van der Waals surface area contributed by atoms with E-state index in [1.165, 1.54) is 12.1 Å². The zero-order chi connectivity index (χ0) is 15.4. The Hall–Kier alpha value is -1.58. The summed E-state index contributed by atoms with van der Waals surface area (Å²) in [7, 11) is 0. The molecule has 0 amide bonds. The van der Waals surface area contributed by atoms with Crippen LogP contribution in [-0.2, 0) is 17.6 Å². The first-order valence-corrected chi connectivity index (χ1v) is 7.12. The zero-order valence-electron chi connectivity index (χ0n) is 11.0. The van der Waals surface area contributed by atoms with Gasteiger partial charge in [0.2, 0.25) is 0 Å². The van der Waals surface area contributed by atoms with Crippen molar-refractivity contribution < 1.29 is 14.3 Å². The highest BCUT2D eigenvalue weighted by atomic mass is 35.5. The summed E-state index contributed by atoms with van der Waals surface area (Å²) in [5, 5.41) is 10.3. The minimum absolute atomic E-state index is 0.232. The Morgan fingerprint density at radius 1 is 1.14 bits per heavy atom. The first kappa shape index (κ1) is 15.8. The largest absolute Gasteiger partial charge is 0.481 e. The van der Waals surface area contributed by atoms with E-state index in [1.807, 2.05) is 0 Å². The molecule has 0 aliphatic carbocycles. The van der Waals surface area contributed by atoms with E-state index in [4.69, 9.17) is 23.2 Å². The van der Waals surface area contributed by atoms with Gasteiger partial charge >= 0.3 is 5.97 Å². The van der Waals surface area contributed by atoms with Gasteiger partial charge < -0.3 is 5.11 Å². The van der Waals surface area contributed by atoms with Gasteiger partial charge in [0.25, 0.3) is 0 Å². The van der Waals surface area contributed by atoms with Crippen molar-refractivity contribution in [2.75, 3.05) is 0 Å². The average molecular weight is 327 g/mol. The Bertz CT molecular complexity index is 658. The van der Waals surface area contributed by atoms with E-state index in [0.717, 1.165) is 0 Å². The van der Waals surface area contributed by atoms with Gasteiger partial charge in [0.15, 0.2) is 0 Å². The molecular formula is C16H13Cl2FO2. The van der Waals surface area contributed by atoms with Gasteiger partial charge in [-0.2, -0.15) is 0 Å². The second-order valence-electron chi connectivity index (χ2n) is 4.81. The molecule has 0 saturated carbocycles. The first-order chi connectivity index (χ1) is 9.95. The van der Waals surface area contributed by atoms with E-state index in [-0.39, 0.29) is 18.7 Å². The Morgan fingerprint density at radius 2 is 1.90 bits per heavy atom. The van der Waals surface area contributed by atoms with E-state index >= 15 is 0 Å². The molecule has 0 aliphatic rings. The highest BCUT2D eigenvalue weighted by Crippen LogP contribution is 2.25. The molecule has 0 heterocycles. The van der Waals surface area contributed by atoms with Crippen molar-refractivity contribution in [1.82, 2.24) is 0 Å². The summed E-state index contributed by atoms with van der Waals surface area (Å²) in [6, 6.07) is 10.9. The molecule has 1 atom stereocenters. The van der Waals surface area contributed by atoms with Gasteiger partial charge in [0, 0.05) is 10.0 Å². The van der Waals surface area contributed by atoms with Crippen molar-refractivity contribution >= 4 is 29.2 Å². The maximum atomic E-state index is 13.2. The molecule has 5 heteroatoms. The molecule has 0 bridgehead atoms. The number of carbonyl (C=O) groups is 1. The minimum atomic E-state index is -0.949. The van der Waals surface area contributed by atoms with E-state index in [2.05, 4.69) is 0 Å². The summed E-state index contributed by atoms with van der Waals surface area (Å²) in [4.78, 5) is 11.4. The van der Waals surface area contributed by atoms with Crippen LogP contribution >= 0.6 is 23.2 Å². The molecule has 2 rings (SSSR count). The third-order valence-electron chi connectivity index (χ3n) is 3.19. The van der Waals surface area contributed by atoms with Crippen LogP contribution in [0.5, 0.6) is 0 Å². The predicted molar refractivity (Wildman–Crippen MR) is 81.4 cm³/mol. The molecule has 1 unspecified atom stereocenters. The number of carboxylic acids is 1. The molecule has 110 valence electrons. The predicted octanol–water partition coefficient (Wildman–Crippen LogP) is 4.62. The minimum Gasteiger partial charge on any atom is -0.481 e. The average Bonchev–Trinajstić information content (AvgIpc) is 2.42. The van der Waals surface area contributed by atoms with Crippen molar-refractivity contribution in [3.8, 4) is 0 Å². The number of halogens is 3. The second-order valence-corrected chi connectivity index (χ2v) is 5.65. The van der Waals surface area contributed by atoms with Gasteiger partial charge in [-0.3, -0.25) is 4.79 Å². The number of rotatable bonds is 5. The van der Waals surface area contributed by atoms with Crippen LogP contribution in [0.3, 0.4) is 0 Å². The summed E-state index contributed by atoms with van der Waals surface area (Å²) in [6.45, 7) is 0. The third kappa shape index (κ3) is 4.45. The Balaban J connectivity index is 2.20. The molecule has 2 nitrogen and oxygen atoms in total. The maximum absolute atomic E-state index is 13.2. The highest BCUT2D eigenvalue weighted by molar-refractivity contribution is 6.33. The lowest BCUT2D eigenvalue weighted by molar-refractivity contribution is -0.141. The standard InChI is InChI=1S/C16H13Cl2FO2/c17-13-4-5-15(18)11(9-13)8-12(16(20)21)6-10-2-1-3-14(19)7-10/h1-5,7,9,12H,6,8H2,(H,20,21). The topological polar surface area (TPSA) is 37.3 Å². The van der Waals surface area contributed by atoms with Gasteiger partial charge in [0.05, 0.1) is 5.92 Å². The molecule has 0 aromatic heterocycles. The van der Waals surface area contributed by atoms with Crippen molar-refractivity contribution in [3.05, 3.63) is 69.5 Å². The molecule has 1 N–H and O–H groups in total. The Morgan fingerprint density at radius 3 is 2.57 bits per heavy atom. The molecule has 0 fully saturated rings. The fourth-order valence-electron chi connectivity index (χ4n) is 2.16. The van der Waals surface area contributed by atoms with E-state index < -0.39 is 11.9 Å². The van der Waals surface area contributed by atoms with Gasteiger partial charge in [-0.05, 0) is 54.3 Å². The molecule has 0 spiro atoms. The lowest BCUT2D eigenvalue weighted by atomic mass is 9.92. The van der Waals surface area contributed by atoms with Crippen LogP contribution in [0, 0.1) is 11.7 Å². The van der Waals surface area contributed by atoms with Gasteiger partial charge in [0.1, 0.15) is 5.82 Å². The summed E-state index contributed by atoms with van der Waals surface area (Å²) < 4.78 is 13.2. The number of hydrogen-bond donors (Lipinski definition) is 1. The Kier molecular flexibility index (Phi) is 5.21. The maximum Gasteiger partial charge on any atom is 0.307 e. The molecule has 0 radical (unpaired) electrons. The lowest BCUT2D eigenvalue weighted by Crippen LogP contribution is -2.19. The summed E-state index contributed by atoms with van der Waals surface area (Å²) in [5.74, 6) is -2.02. The number of carboxylic acid groups (broad SMARTS) is 1. The third-order valence-corrected chi connectivity index (χ3v) is 3.80. The molecule has 0 saturated heterocycles. The van der Waals surface area contributed by atoms with Crippen LogP contribution in [0.25, 0.3) is 0 Å². The van der Waals surface area contributed by atoms with Gasteiger partial charge in [-0.25, -0.2) is 4.39 Å². The molecule has 2 aromatic rings. The summed E-state index contributed by atoms with van der Waals surface area (Å²) in [5.41, 5.74) is 1.31. The molecular weight excluding hydrogens is 314 g/mol. The zero-order valence-corrected chi connectivity index (χ0v) is 12.5. The number of hydrogen-bond acceptors (Lipinski definition) is 1. The molecule has 0 aliphatic heterocycles. The number of benzene rings is 2. The fraction of sp³-hybridized carbons (Fsp3) is 0.188. The fourth-order valence-corrected chi connectivity index (χ4v) is 2.55. The molecule has 2 aromatic carbocycles. The van der Waals surface area contributed by atoms with E-state index in [1.54, 1.807) is 30.3 Å². The second kappa shape index (κ2) is 6.92.